The summed E-state index contributed by atoms with van der Waals surface area (Å²) in [5.74, 6) is -0.568. The molecule has 1 aromatic rings. The van der Waals surface area contributed by atoms with Crippen LogP contribution < -0.4 is 11.1 Å². The molecule has 1 aliphatic rings. The second-order valence-corrected chi connectivity index (χ2v) is 5.10. The largest absolute Gasteiger partial charge is 0.397 e. The predicted molar refractivity (Wildman–Crippen MR) is 75.7 cm³/mol. The van der Waals surface area contributed by atoms with Crippen molar-refractivity contribution in [2.24, 2.45) is 0 Å². The van der Waals surface area contributed by atoms with Crippen molar-refractivity contribution >= 4 is 17.3 Å². The lowest BCUT2D eigenvalue weighted by Gasteiger charge is -2.29. The highest BCUT2D eigenvalue weighted by molar-refractivity contribution is 5.93. The first-order valence-electron chi connectivity index (χ1n) is 6.80. The van der Waals surface area contributed by atoms with Crippen molar-refractivity contribution in [3.63, 3.8) is 0 Å². The quantitative estimate of drug-likeness (QED) is 0.724. The van der Waals surface area contributed by atoms with Gasteiger partial charge >= 0.3 is 0 Å². The van der Waals surface area contributed by atoms with Gasteiger partial charge in [-0.3, -0.25) is 4.79 Å². The Balaban J connectivity index is 1.78. The molecule has 0 unspecified atom stereocenters. The van der Waals surface area contributed by atoms with Crippen LogP contribution in [0.15, 0.2) is 18.2 Å². The molecular formula is C14H20FN3O2. The highest BCUT2D eigenvalue weighted by Gasteiger charge is 2.17. The zero-order valence-corrected chi connectivity index (χ0v) is 11.3. The summed E-state index contributed by atoms with van der Waals surface area (Å²) in [6.07, 6.45) is 1.66. The molecule has 0 spiro atoms. The smallest absolute Gasteiger partial charge is 0.225 e. The Labute approximate surface area is 117 Å². The van der Waals surface area contributed by atoms with Gasteiger partial charge in [-0.15, -0.1) is 0 Å². The normalized spacial score (nSPS) is 17.1. The van der Waals surface area contributed by atoms with Crippen molar-refractivity contribution in [1.82, 2.24) is 4.90 Å². The van der Waals surface area contributed by atoms with Gasteiger partial charge in [0.2, 0.25) is 5.91 Å². The number of hydrogen-bond acceptors (Lipinski definition) is 4. The van der Waals surface area contributed by atoms with Crippen molar-refractivity contribution in [2.45, 2.75) is 25.4 Å². The maximum absolute atomic E-state index is 12.9. The Morgan fingerprint density at radius 2 is 2.15 bits per heavy atom. The van der Waals surface area contributed by atoms with Gasteiger partial charge in [0.1, 0.15) is 5.82 Å². The van der Waals surface area contributed by atoms with E-state index in [2.05, 4.69) is 10.2 Å². The Morgan fingerprint density at radius 3 is 2.80 bits per heavy atom. The Bertz CT molecular complexity index is 473. The number of aliphatic hydroxyl groups excluding tert-OH is 1. The summed E-state index contributed by atoms with van der Waals surface area (Å²) >= 11 is 0. The predicted octanol–water partition coefficient (Wildman–Crippen LogP) is 1.19. The molecule has 0 atom stereocenters. The number of aliphatic hydroxyl groups is 1. The molecule has 1 amide bonds. The van der Waals surface area contributed by atoms with Gasteiger partial charge < -0.3 is 21.1 Å². The molecular weight excluding hydrogens is 261 g/mol. The van der Waals surface area contributed by atoms with E-state index in [1.54, 1.807) is 0 Å². The van der Waals surface area contributed by atoms with Crippen molar-refractivity contribution in [1.29, 1.82) is 0 Å². The van der Waals surface area contributed by atoms with E-state index < -0.39 is 5.82 Å². The molecule has 4 N–H and O–H groups in total. The zero-order chi connectivity index (χ0) is 14.5. The van der Waals surface area contributed by atoms with E-state index in [1.807, 2.05) is 0 Å². The van der Waals surface area contributed by atoms with Gasteiger partial charge in [-0.2, -0.15) is 0 Å². The van der Waals surface area contributed by atoms with E-state index in [-0.39, 0.29) is 17.7 Å². The molecule has 5 nitrogen and oxygen atoms in total. The fourth-order valence-corrected chi connectivity index (χ4v) is 2.26. The molecule has 0 bridgehead atoms. The number of anilines is 2. The lowest BCUT2D eigenvalue weighted by molar-refractivity contribution is -0.116. The Morgan fingerprint density at radius 1 is 1.45 bits per heavy atom. The average molecular weight is 281 g/mol. The van der Waals surface area contributed by atoms with Crippen LogP contribution in [0.3, 0.4) is 0 Å². The Hall–Kier alpha value is -1.66. The zero-order valence-electron chi connectivity index (χ0n) is 11.3. The van der Waals surface area contributed by atoms with E-state index in [0.29, 0.717) is 18.7 Å². The van der Waals surface area contributed by atoms with Crippen LogP contribution in [0.1, 0.15) is 19.3 Å². The molecule has 0 aromatic heterocycles. The number of rotatable bonds is 4. The number of halogens is 1. The van der Waals surface area contributed by atoms with Crippen LogP contribution in [0.5, 0.6) is 0 Å². The van der Waals surface area contributed by atoms with Crippen LogP contribution in [-0.4, -0.2) is 41.7 Å². The topological polar surface area (TPSA) is 78.6 Å². The minimum absolute atomic E-state index is 0.144. The summed E-state index contributed by atoms with van der Waals surface area (Å²) in [5, 5.41) is 12.1. The van der Waals surface area contributed by atoms with Crippen LogP contribution in [0.4, 0.5) is 15.8 Å². The number of nitrogen functional groups attached to an aromatic ring is 1. The maximum atomic E-state index is 12.9. The van der Waals surface area contributed by atoms with Crippen LogP contribution in [-0.2, 0) is 4.79 Å². The highest BCUT2D eigenvalue weighted by Crippen LogP contribution is 2.19. The van der Waals surface area contributed by atoms with Gasteiger partial charge in [0.15, 0.2) is 0 Å². The molecule has 1 fully saturated rings. The number of amides is 1. The lowest BCUT2D eigenvalue weighted by atomic mass is 10.1. The molecule has 1 aliphatic heterocycles. The first-order valence-corrected chi connectivity index (χ1v) is 6.80. The van der Waals surface area contributed by atoms with Crippen molar-refractivity contribution in [2.75, 3.05) is 30.7 Å². The van der Waals surface area contributed by atoms with E-state index in [9.17, 15) is 14.3 Å². The molecule has 1 aromatic carbocycles. The second kappa shape index (κ2) is 6.67. The third-order valence-corrected chi connectivity index (χ3v) is 3.50. The van der Waals surface area contributed by atoms with Gasteiger partial charge in [0.05, 0.1) is 17.5 Å². The monoisotopic (exact) mass is 281 g/mol. The van der Waals surface area contributed by atoms with E-state index in [0.717, 1.165) is 25.9 Å². The molecule has 6 heteroatoms. The van der Waals surface area contributed by atoms with Crippen molar-refractivity contribution in [3.8, 4) is 0 Å². The summed E-state index contributed by atoms with van der Waals surface area (Å²) in [5.41, 5.74) is 6.29. The maximum Gasteiger partial charge on any atom is 0.225 e. The highest BCUT2D eigenvalue weighted by atomic mass is 19.1. The number of benzene rings is 1. The van der Waals surface area contributed by atoms with Gasteiger partial charge in [0, 0.05) is 26.1 Å². The first kappa shape index (κ1) is 14.7. The van der Waals surface area contributed by atoms with Crippen LogP contribution in [0.2, 0.25) is 0 Å². The molecule has 1 saturated heterocycles. The van der Waals surface area contributed by atoms with E-state index in [4.69, 9.17) is 5.73 Å². The minimum atomic E-state index is -0.424. The molecule has 110 valence electrons. The van der Waals surface area contributed by atoms with Gasteiger partial charge in [-0.1, -0.05) is 0 Å². The van der Waals surface area contributed by atoms with E-state index >= 15 is 0 Å². The summed E-state index contributed by atoms with van der Waals surface area (Å²) in [4.78, 5) is 14.0. The third-order valence-electron chi connectivity index (χ3n) is 3.50. The summed E-state index contributed by atoms with van der Waals surface area (Å²) < 4.78 is 12.9. The fourth-order valence-electron chi connectivity index (χ4n) is 2.26. The average Bonchev–Trinajstić information content (AvgIpc) is 2.41. The van der Waals surface area contributed by atoms with Gasteiger partial charge in [-0.05, 0) is 31.0 Å². The standard InChI is InChI=1S/C14H20FN3O2/c15-10-1-2-13(12(16)9-10)17-14(20)5-8-18-6-3-11(19)4-7-18/h1-2,9,11,19H,3-8,16H2,(H,17,20). The number of carbonyl (C=O) groups excluding carboxylic acids is 1. The molecule has 1 heterocycles. The number of nitrogens with zero attached hydrogens (tertiary/aromatic N) is 1. The SMILES string of the molecule is Nc1cc(F)ccc1NC(=O)CCN1CCC(O)CC1. The van der Waals surface area contributed by atoms with Crippen LogP contribution in [0, 0.1) is 5.82 Å². The number of carbonyl (C=O) groups is 1. The number of nitrogens with one attached hydrogen (secondary N) is 1. The van der Waals surface area contributed by atoms with Gasteiger partial charge in [-0.25, -0.2) is 4.39 Å². The molecule has 0 saturated carbocycles. The number of hydrogen-bond donors (Lipinski definition) is 3. The second-order valence-electron chi connectivity index (χ2n) is 5.10. The lowest BCUT2D eigenvalue weighted by Crippen LogP contribution is -2.37. The number of likely N-dealkylation sites (tertiary alicyclic amines) is 1. The van der Waals surface area contributed by atoms with Crippen LogP contribution >= 0.6 is 0 Å². The molecule has 0 aliphatic carbocycles. The summed E-state index contributed by atoms with van der Waals surface area (Å²) in [6.45, 7) is 2.28. The molecule has 0 radical (unpaired) electrons. The molecule has 20 heavy (non-hydrogen) atoms. The number of piperidine rings is 1. The van der Waals surface area contributed by atoms with Crippen molar-refractivity contribution < 1.29 is 14.3 Å². The summed E-state index contributed by atoms with van der Waals surface area (Å²) in [6, 6.07) is 3.90. The minimum Gasteiger partial charge on any atom is -0.397 e. The molecule has 2 rings (SSSR count). The van der Waals surface area contributed by atoms with E-state index in [1.165, 1.54) is 18.2 Å². The fraction of sp³-hybridized carbons (Fsp3) is 0.500. The first-order chi connectivity index (χ1) is 9.54. The van der Waals surface area contributed by atoms with Gasteiger partial charge in [0.25, 0.3) is 0 Å². The third kappa shape index (κ3) is 4.18. The van der Waals surface area contributed by atoms with Crippen molar-refractivity contribution in [3.05, 3.63) is 24.0 Å². The Kier molecular flexibility index (Phi) is 4.92. The van der Waals surface area contributed by atoms with Crippen LogP contribution in [0.25, 0.3) is 0 Å². The number of nitrogens with two attached hydrogens (primary N) is 1. The summed E-state index contributed by atoms with van der Waals surface area (Å²) in [7, 11) is 0.